The van der Waals surface area contributed by atoms with Crippen molar-refractivity contribution < 1.29 is 14.1 Å². The first-order chi connectivity index (χ1) is 13.3. The van der Waals surface area contributed by atoms with E-state index in [1.807, 2.05) is 35.2 Å². The number of nitrogens with zero attached hydrogens (tertiary/aromatic N) is 1. The number of pyridine rings is 1. The summed E-state index contributed by atoms with van der Waals surface area (Å²) in [6.45, 7) is 5.77. The van der Waals surface area contributed by atoms with Gasteiger partial charge in [-0.3, -0.25) is 0 Å². The molecular formula is C24H40NO2+. The van der Waals surface area contributed by atoms with Crippen LogP contribution in [0.5, 0.6) is 0 Å². The number of aromatic nitrogens is 1. The molecule has 0 bridgehead atoms. The molecule has 1 rings (SSSR count). The standard InChI is InChI=1S/C24H40NO2/c1-3-5-6-7-8-9-10-11-12-13-14-15-17-20-23(27-24(26)4-2)25-21-18-16-19-22-25/h4,16,18-19,21-23H,2-3,5-15,17,20H2,1H3/q+1. The molecule has 0 amide bonds. The molecule has 0 spiro atoms. The van der Waals surface area contributed by atoms with E-state index in [1.54, 1.807) is 0 Å². The van der Waals surface area contributed by atoms with E-state index in [2.05, 4.69) is 13.5 Å². The SMILES string of the molecule is C=CC(=O)OC(CCCCCCCCCCCCCCC)[n+]1ccccc1. The Morgan fingerprint density at radius 2 is 1.33 bits per heavy atom. The summed E-state index contributed by atoms with van der Waals surface area (Å²) >= 11 is 0. The van der Waals surface area contributed by atoms with Gasteiger partial charge in [-0.2, -0.15) is 4.57 Å². The second-order valence-electron chi connectivity index (χ2n) is 7.45. The monoisotopic (exact) mass is 374 g/mol. The van der Waals surface area contributed by atoms with Crippen molar-refractivity contribution in [1.82, 2.24) is 0 Å². The number of esters is 1. The minimum atomic E-state index is -0.356. The second-order valence-corrected chi connectivity index (χ2v) is 7.45. The molecule has 1 atom stereocenters. The minimum absolute atomic E-state index is 0.232. The van der Waals surface area contributed by atoms with Crippen molar-refractivity contribution in [2.75, 3.05) is 0 Å². The summed E-state index contributed by atoms with van der Waals surface area (Å²) in [5.74, 6) is -0.356. The highest BCUT2D eigenvalue weighted by atomic mass is 16.6. The molecule has 0 aliphatic carbocycles. The van der Waals surface area contributed by atoms with Crippen LogP contribution in [0.15, 0.2) is 43.2 Å². The maximum atomic E-state index is 11.6. The van der Waals surface area contributed by atoms with Crippen LogP contribution in [0.2, 0.25) is 0 Å². The lowest BCUT2D eigenvalue weighted by Crippen LogP contribution is -2.41. The van der Waals surface area contributed by atoms with Gasteiger partial charge in [-0.25, -0.2) is 4.79 Å². The van der Waals surface area contributed by atoms with Gasteiger partial charge in [-0.15, -0.1) is 0 Å². The Hall–Kier alpha value is -1.64. The first-order valence-electron chi connectivity index (χ1n) is 11.1. The third kappa shape index (κ3) is 12.4. The highest BCUT2D eigenvalue weighted by Crippen LogP contribution is 2.16. The van der Waals surface area contributed by atoms with Crippen molar-refractivity contribution in [2.24, 2.45) is 0 Å². The number of hydrogen-bond acceptors (Lipinski definition) is 2. The highest BCUT2D eigenvalue weighted by molar-refractivity contribution is 5.81. The van der Waals surface area contributed by atoms with Crippen LogP contribution in [0, 0.1) is 0 Å². The summed E-state index contributed by atoms with van der Waals surface area (Å²) in [4.78, 5) is 11.6. The molecule has 0 saturated carbocycles. The molecule has 0 aliphatic rings. The zero-order valence-corrected chi connectivity index (χ0v) is 17.4. The summed E-state index contributed by atoms with van der Waals surface area (Å²) in [7, 11) is 0. The largest absolute Gasteiger partial charge is 0.399 e. The lowest BCUT2D eigenvalue weighted by atomic mass is 10.0. The molecular weight excluding hydrogens is 334 g/mol. The Labute approximate surface area is 166 Å². The summed E-state index contributed by atoms with van der Waals surface area (Å²) in [5.41, 5.74) is 0. The van der Waals surface area contributed by atoms with Crippen LogP contribution in [-0.2, 0) is 9.53 Å². The van der Waals surface area contributed by atoms with Crippen LogP contribution < -0.4 is 4.57 Å². The van der Waals surface area contributed by atoms with E-state index >= 15 is 0 Å². The second kappa shape index (κ2) is 16.5. The Morgan fingerprint density at radius 3 is 1.81 bits per heavy atom. The molecule has 27 heavy (non-hydrogen) atoms. The predicted molar refractivity (Wildman–Crippen MR) is 112 cm³/mol. The van der Waals surface area contributed by atoms with Gasteiger partial charge in [0.2, 0.25) is 0 Å². The normalized spacial score (nSPS) is 11.9. The fourth-order valence-corrected chi connectivity index (χ4v) is 3.39. The average molecular weight is 375 g/mol. The van der Waals surface area contributed by atoms with Gasteiger partial charge in [0, 0.05) is 24.6 Å². The molecule has 1 aromatic heterocycles. The van der Waals surface area contributed by atoms with E-state index in [4.69, 9.17) is 4.74 Å². The van der Waals surface area contributed by atoms with Crippen LogP contribution in [0.4, 0.5) is 0 Å². The number of carbonyl (C=O) groups is 1. The van der Waals surface area contributed by atoms with Gasteiger partial charge in [0.1, 0.15) is 0 Å². The molecule has 1 heterocycles. The van der Waals surface area contributed by atoms with Crippen molar-refractivity contribution in [2.45, 2.75) is 103 Å². The highest BCUT2D eigenvalue weighted by Gasteiger charge is 2.20. The molecule has 0 aliphatic heterocycles. The Bertz CT molecular complexity index is 486. The third-order valence-electron chi connectivity index (χ3n) is 5.04. The fourth-order valence-electron chi connectivity index (χ4n) is 3.39. The van der Waals surface area contributed by atoms with Crippen molar-refractivity contribution >= 4 is 5.97 Å². The quantitative estimate of drug-likeness (QED) is 0.132. The molecule has 1 unspecified atom stereocenters. The fraction of sp³-hybridized carbons (Fsp3) is 0.667. The Morgan fingerprint density at radius 1 is 0.852 bits per heavy atom. The van der Waals surface area contributed by atoms with Gasteiger partial charge in [0.25, 0.3) is 0 Å². The average Bonchev–Trinajstić information content (AvgIpc) is 2.71. The number of rotatable bonds is 17. The first kappa shape index (κ1) is 23.4. The van der Waals surface area contributed by atoms with E-state index in [9.17, 15) is 4.79 Å². The summed E-state index contributed by atoms with van der Waals surface area (Å²) in [6, 6.07) is 5.88. The van der Waals surface area contributed by atoms with E-state index in [0.717, 1.165) is 12.8 Å². The van der Waals surface area contributed by atoms with Crippen molar-refractivity contribution in [1.29, 1.82) is 0 Å². The van der Waals surface area contributed by atoms with Gasteiger partial charge in [-0.1, -0.05) is 96.6 Å². The van der Waals surface area contributed by atoms with Gasteiger partial charge < -0.3 is 4.74 Å². The summed E-state index contributed by atoms with van der Waals surface area (Å²) in [5, 5.41) is 0. The third-order valence-corrected chi connectivity index (χ3v) is 5.04. The van der Waals surface area contributed by atoms with Crippen molar-refractivity contribution in [3.63, 3.8) is 0 Å². The van der Waals surface area contributed by atoms with Crippen LogP contribution in [0.25, 0.3) is 0 Å². The van der Waals surface area contributed by atoms with Gasteiger partial charge in [0.05, 0.1) is 0 Å². The molecule has 0 saturated heterocycles. The lowest BCUT2D eigenvalue weighted by molar-refractivity contribution is -0.757. The number of unbranched alkanes of at least 4 members (excludes halogenated alkanes) is 12. The van der Waals surface area contributed by atoms with Gasteiger partial charge in [0.15, 0.2) is 12.4 Å². The van der Waals surface area contributed by atoms with Crippen LogP contribution in [0.3, 0.4) is 0 Å². The number of ether oxygens (including phenoxy) is 1. The molecule has 3 nitrogen and oxygen atoms in total. The smallest absolute Gasteiger partial charge is 0.335 e. The van der Waals surface area contributed by atoms with Crippen LogP contribution in [0.1, 0.15) is 103 Å². The van der Waals surface area contributed by atoms with Crippen LogP contribution >= 0.6 is 0 Å². The zero-order valence-electron chi connectivity index (χ0n) is 17.4. The topological polar surface area (TPSA) is 30.2 Å². The van der Waals surface area contributed by atoms with E-state index in [1.165, 1.54) is 83.1 Å². The van der Waals surface area contributed by atoms with Crippen LogP contribution in [-0.4, -0.2) is 5.97 Å². The van der Waals surface area contributed by atoms with Crippen molar-refractivity contribution in [3.8, 4) is 0 Å². The molecule has 152 valence electrons. The summed E-state index contributed by atoms with van der Waals surface area (Å²) < 4.78 is 7.46. The number of carbonyl (C=O) groups excluding carboxylic acids is 1. The van der Waals surface area contributed by atoms with E-state index in [0.29, 0.717) is 0 Å². The minimum Gasteiger partial charge on any atom is -0.399 e. The summed E-state index contributed by atoms with van der Waals surface area (Å²) in [6.07, 6.45) is 23.2. The zero-order chi connectivity index (χ0) is 19.6. The Balaban J connectivity index is 2.06. The lowest BCUT2D eigenvalue weighted by Gasteiger charge is -2.12. The molecule has 3 heteroatoms. The molecule has 1 aromatic rings. The molecule has 0 aromatic carbocycles. The predicted octanol–water partition coefficient (Wildman–Crippen LogP) is 6.68. The van der Waals surface area contributed by atoms with E-state index in [-0.39, 0.29) is 12.2 Å². The molecule has 0 N–H and O–H groups in total. The molecule has 0 fully saturated rings. The number of hydrogen-bond donors (Lipinski definition) is 0. The maximum absolute atomic E-state index is 11.6. The van der Waals surface area contributed by atoms with Gasteiger partial charge in [-0.05, 0) is 6.42 Å². The van der Waals surface area contributed by atoms with E-state index < -0.39 is 0 Å². The molecule has 0 radical (unpaired) electrons. The van der Waals surface area contributed by atoms with Gasteiger partial charge >= 0.3 is 12.2 Å². The Kier molecular flexibility index (Phi) is 14.3. The first-order valence-corrected chi connectivity index (χ1v) is 11.1. The van der Waals surface area contributed by atoms with Crippen molar-refractivity contribution in [3.05, 3.63) is 43.2 Å². The maximum Gasteiger partial charge on any atom is 0.335 e.